The van der Waals surface area contributed by atoms with Gasteiger partial charge in [0.05, 0.1) is 25.4 Å². The molecule has 0 spiro atoms. The maximum atomic E-state index is 12.5. The Bertz CT molecular complexity index is 1300. The third-order valence-electron chi connectivity index (χ3n) is 18.0. The van der Waals surface area contributed by atoms with E-state index in [2.05, 4.69) is 43.5 Å². The molecule has 0 heterocycles. The molecule has 0 aliphatic carbocycles. The number of rotatable bonds is 72. The Morgan fingerprint density at radius 1 is 0.325 bits per heavy atom. The van der Waals surface area contributed by atoms with Crippen molar-refractivity contribution in [1.29, 1.82) is 0 Å². The summed E-state index contributed by atoms with van der Waals surface area (Å²) in [4.78, 5) is 24.6. The SMILES string of the molecule is CCCCCCC/C=C\CCCCCCCC(=O)OCCCCCCCCCCCCCCCCCCCC/C=C\CCCCCCCCCCCCCCCCCCCC(=O)NC(CO)C(O)CCCCCCCCCCCCCCC. The molecule has 2 atom stereocenters. The maximum Gasteiger partial charge on any atom is 0.305 e. The van der Waals surface area contributed by atoms with Gasteiger partial charge in [0.25, 0.3) is 0 Å². The first kappa shape index (κ1) is 81.3. The molecule has 1 amide bonds. The standard InChI is InChI=1S/C77H149NO5/c1-3-5-7-9-11-13-15-17-47-51-55-59-63-67-71-77(82)83-72-68-64-60-56-52-48-44-42-40-38-36-34-32-30-28-26-24-22-20-18-19-21-23-25-27-29-31-33-35-37-39-41-43-46-50-54-58-62-66-70-76(81)78-74(73-79)75(80)69-65-61-57-53-49-45-16-14-12-10-8-6-4-2/h15,17-19,74-75,79-80H,3-14,16,20-73H2,1-2H3,(H,78,81)/b17-15-,19-18-. The van der Waals surface area contributed by atoms with Crippen molar-refractivity contribution in [3.63, 3.8) is 0 Å². The van der Waals surface area contributed by atoms with Crippen LogP contribution in [0.5, 0.6) is 0 Å². The lowest BCUT2D eigenvalue weighted by molar-refractivity contribution is -0.143. The van der Waals surface area contributed by atoms with Gasteiger partial charge in [-0.15, -0.1) is 0 Å². The summed E-state index contributed by atoms with van der Waals surface area (Å²) >= 11 is 0. The normalized spacial score (nSPS) is 12.6. The van der Waals surface area contributed by atoms with Crippen LogP contribution in [0.25, 0.3) is 0 Å². The van der Waals surface area contributed by atoms with Crippen molar-refractivity contribution in [2.45, 2.75) is 443 Å². The number of allylic oxidation sites excluding steroid dienone is 4. The zero-order valence-electron chi connectivity index (χ0n) is 56.5. The average Bonchev–Trinajstić information content (AvgIpc) is 3.49. The van der Waals surface area contributed by atoms with Gasteiger partial charge in [-0.3, -0.25) is 9.59 Å². The summed E-state index contributed by atoms with van der Waals surface area (Å²) in [5.41, 5.74) is 0. The van der Waals surface area contributed by atoms with E-state index in [0.29, 0.717) is 25.9 Å². The summed E-state index contributed by atoms with van der Waals surface area (Å²) in [6.45, 7) is 4.98. The molecule has 0 aromatic carbocycles. The Morgan fingerprint density at radius 3 is 0.855 bits per heavy atom. The fourth-order valence-corrected chi connectivity index (χ4v) is 12.2. The van der Waals surface area contributed by atoms with E-state index in [1.165, 1.54) is 353 Å². The molecule has 0 bridgehead atoms. The predicted molar refractivity (Wildman–Crippen MR) is 366 cm³/mol. The van der Waals surface area contributed by atoms with Crippen molar-refractivity contribution in [2.75, 3.05) is 13.2 Å². The highest BCUT2D eigenvalue weighted by atomic mass is 16.5. The number of ether oxygens (including phenoxy) is 1. The monoisotopic (exact) mass is 1170 g/mol. The molecule has 6 heteroatoms. The fourth-order valence-electron chi connectivity index (χ4n) is 12.2. The number of esters is 1. The number of carbonyl (C=O) groups excluding carboxylic acids is 2. The number of nitrogens with one attached hydrogen (secondary N) is 1. The molecule has 0 saturated carbocycles. The molecule has 0 rings (SSSR count). The van der Waals surface area contributed by atoms with Gasteiger partial charge in [0.15, 0.2) is 0 Å². The van der Waals surface area contributed by atoms with Gasteiger partial charge in [-0.25, -0.2) is 0 Å². The highest BCUT2D eigenvalue weighted by molar-refractivity contribution is 5.76. The quantitative estimate of drug-likeness (QED) is 0.0320. The summed E-state index contributed by atoms with van der Waals surface area (Å²) in [6, 6.07) is -0.537. The summed E-state index contributed by atoms with van der Waals surface area (Å²) < 4.78 is 5.49. The van der Waals surface area contributed by atoms with Gasteiger partial charge in [0.1, 0.15) is 0 Å². The Kier molecular flexibility index (Phi) is 71.4. The highest BCUT2D eigenvalue weighted by Crippen LogP contribution is 2.19. The minimum atomic E-state index is -0.660. The second-order valence-corrected chi connectivity index (χ2v) is 26.3. The van der Waals surface area contributed by atoms with Crippen molar-refractivity contribution >= 4 is 11.9 Å². The van der Waals surface area contributed by atoms with Gasteiger partial charge in [-0.1, -0.05) is 366 Å². The van der Waals surface area contributed by atoms with Crippen LogP contribution in [0, 0.1) is 0 Å². The number of aliphatic hydroxyl groups is 2. The van der Waals surface area contributed by atoms with Crippen LogP contribution < -0.4 is 5.32 Å². The van der Waals surface area contributed by atoms with Crippen LogP contribution in [0.2, 0.25) is 0 Å². The maximum absolute atomic E-state index is 12.5. The van der Waals surface area contributed by atoms with E-state index in [0.717, 1.165) is 44.9 Å². The summed E-state index contributed by atoms with van der Waals surface area (Å²) in [7, 11) is 0. The average molecular weight is 1170 g/mol. The van der Waals surface area contributed by atoms with Gasteiger partial charge in [-0.05, 0) is 77.0 Å². The summed E-state index contributed by atoms with van der Waals surface area (Å²) in [5, 5.41) is 23.3. The van der Waals surface area contributed by atoms with E-state index in [1.807, 2.05) is 0 Å². The van der Waals surface area contributed by atoms with Crippen LogP contribution in [-0.4, -0.2) is 47.4 Å². The molecular weight excluding hydrogens is 1020 g/mol. The van der Waals surface area contributed by atoms with E-state index >= 15 is 0 Å². The minimum absolute atomic E-state index is 0.0145. The summed E-state index contributed by atoms with van der Waals surface area (Å²) in [5.74, 6) is -0.0136. The topological polar surface area (TPSA) is 95.9 Å². The molecule has 0 aliphatic rings. The van der Waals surface area contributed by atoms with Crippen molar-refractivity contribution in [2.24, 2.45) is 0 Å². The van der Waals surface area contributed by atoms with Gasteiger partial charge < -0.3 is 20.3 Å². The molecule has 0 aromatic heterocycles. The van der Waals surface area contributed by atoms with Crippen molar-refractivity contribution in [3.8, 4) is 0 Å². The van der Waals surface area contributed by atoms with Crippen LogP contribution in [0.1, 0.15) is 431 Å². The molecule has 0 aromatic rings. The second kappa shape index (κ2) is 72.8. The van der Waals surface area contributed by atoms with Crippen LogP contribution in [-0.2, 0) is 14.3 Å². The van der Waals surface area contributed by atoms with Crippen LogP contribution in [0.15, 0.2) is 24.3 Å². The molecular formula is C77H149NO5. The molecule has 492 valence electrons. The molecule has 0 radical (unpaired) electrons. The number of unbranched alkanes of at least 4 members (excludes halogenated alkanes) is 57. The van der Waals surface area contributed by atoms with E-state index in [9.17, 15) is 19.8 Å². The number of aliphatic hydroxyl groups excluding tert-OH is 2. The lowest BCUT2D eigenvalue weighted by Crippen LogP contribution is -2.45. The first-order chi connectivity index (χ1) is 41.0. The van der Waals surface area contributed by atoms with E-state index in [1.54, 1.807) is 0 Å². The van der Waals surface area contributed by atoms with Gasteiger partial charge >= 0.3 is 5.97 Å². The highest BCUT2D eigenvalue weighted by Gasteiger charge is 2.20. The van der Waals surface area contributed by atoms with E-state index in [-0.39, 0.29) is 18.5 Å². The zero-order valence-corrected chi connectivity index (χ0v) is 56.5. The molecule has 2 unspecified atom stereocenters. The molecule has 0 aliphatic heterocycles. The molecule has 0 saturated heterocycles. The van der Waals surface area contributed by atoms with Gasteiger partial charge in [0.2, 0.25) is 5.91 Å². The molecule has 83 heavy (non-hydrogen) atoms. The Morgan fingerprint density at radius 2 is 0.566 bits per heavy atom. The number of amides is 1. The summed E-state index contributed by atoms with van der Waals surface area (Å²) in [6.07, 6.45) is 92.7. The first-order valence-electron chi connectivity index (χ1n) is 38.1. The number of hydrogen-bond acceptors (Lipinski definition) is 5. The van der Waals surface area contributed by atoms with Crippen molar-refractivity contribution in [3.05, 3.63) is 24.3 Å². The Balaban J connectivity index is 3.30. The Labute approximate surface area is 520 Å². The zero-order chi connectivity index (χ0) is 59.9. The smallest absolute Gasteiger partial charge is 0.305 e. The van der Waals surface area contributed by atoms with Crippen LogP contribution >= 0.6 is 0 Å². The molecule has 6 nitrogen and oxygen atoms in total. The van der Waals surface area contributed by atoms with E-state index < -0.39 is 12.1 Å². The van der Waals surface area contributed by atoms with Gasteiger partial charge in [-0.2, -0.15) is 0 Å². The van der Waals surface area contributed by atoms with Gasteiger partial charge in [0, 0.05) is 12.8 Å². The third kappa shape index (κ3) is 69.3. The lowest BCUT2D eigenvalue weighted by atomic mass is 10.0. The fraction of sp³-hybridized carbons (Fsp3) is 0.922. The minimum Gasteiger partial charge on any atom is -0.466 e. The lowest BCUT2D eigenvalue weighted by Gasteiger charge is -2.22. The third-order valence-corrected chi connectivity index (χ3v) is 18.0. The molecule has 0 fully saturated rings. The largest absolute Gasteiger partial charge is 0.466 e. The van der Waals surface area contributed by atoms with Crippen molar-refractivity contribution < 1.29 is 24.5 Å². The van der Waals surface area contributed by atoms with Crippen molar-refractivity contribution in [1.82, 2.24) is 5.32 Å². The first-order valence-corrected chi connectivity index (χ1v) is 38.1. The Hall–Kier alpha value is -1.66. The van der Waals surface area contributed by atoms with Crippen LogP contribution in [0.4, 0.5) is 0 Å². The van der Waals surface area contributed by atoms with Crippen LogP contribution in [0.3, 0.4) is 0 Å². The number of hydrogen-bond donors (Lipinski definition) is 3. The number of carbonyl (C=O) groups is 2. The molecule has 3 N–H and O–H groups in total. The van der Waals surface area contributed by atoms with E-state index in [4.69, 9.17) is 4.74 Å². The second-order valence-electron chi connectivity index (χ2n) is 26.3. The predicted octanol–water partition coefficient (Wildman–Crippen LogP) is 24.9.